The minimum atomic E-state index is -0.548. The Labute approximate surface area is 136 Å². The molecule has 0 unspecified atom stereocenters. The van der Waals surface area contributed by atoms with Crippen LogP contribution < -0.4 is 0 Å². The lowest BCUT2D eigenvalue weighted by Crippen LogP contribution is -2.37. The number of hydrogen-bond acceptors (Lipinski definition) is 3. The fraction of sp³-hybridized carbons (Fsp3) is 0.471. The first-order chi connectivity index (χ1) is 10.6. The molecule has 3 rings (SSSR count). The van der Waals surface area contributed by atoms with Crippen LogP contribution in [0.4, 0.5) is 0 Å². The van der Waals surface area contributed by atoms with Crippen molar-refractivity contribution in [3.63, 3.8) is 0 Å². The van der Waals surface area contributed by atoms with Gasteiger partial charge in [0.1, 0.15) is 0 Å². The third-order valence-electron chi connectivity index (χ3n) is 4.34. The van der Waals surface area contributed by atoms with Gasteiger partial charge in [0.05, 0.1) is 11.8 Å². The van der Waals surface area contributed by atoms with Gasteiger partial charge in [0, 0.05) is 35.3 Å². The van der Waals surface area contributed by atoms with E-state index >= 15 is 0 Å². The van der Waals surface area contributed by atoms with Crippen molar-refractivity contribution in [2.75, 3.05) is 19.6 Å². The molecule has 1 aliphatic rings. The van der Waals surface area contributed by atoms with E-state index in [0.29, 0.717) is 17.5 Å². The smallest absolute Gasteiger partial charge is 0.0931 e. The fourth-order valence-corrected chi connectivity index (χ4v) is 3.46. The second-order valence-corrected chi connectivity index (χ2v) is 6.52. The van der Waals surface area contributed by atoms with Crippen LogP contribution in [0.2, 0.25) is 5.02 Å². The summed E-state index contributed by atoms with van der Waals surface area (Å²) in [6.07, 6.45) is 1.74. The van der Waals surface area contributed by atoms with Crippen LogP contribution in [-0.2, 0) is 0 Å². The zero-order valence-corrected chi connectivity index (χ0v) is 13.6. The molecule has 0 amide bonds. The lowest BCUT2D eigenvalue weighted by molar-refractivity contribution is 0.0951. The van der Waals surface area contributed by atoms with Crippen molar-refractivity contribution >= 4 is 11.6 Å². The van der Waals surface area contributed by atoms with Crippen LogP contribution in [0, 0.1) is 6.92 Å². The number of H-pyrrole nitrogens is 1. The SMILES string of the molecule is Cc1cc([C@H]2CCCN(C[C@@H](O)c3ccccc3Cl)C2)n[nH]1. The first-order valence-corrected chi connectivity index (χ1v) is 8.18. The molecule has 2 atom stereocenters. The van der Waals surface area contributed by atoms with Crippen LogP contribution >= 0.6 is 11.6 Å². The third-order valence-corrected chi connectivity index (χ3v) is 4.69. The van der Waals surface area contributed by atoms with E-state index in [9.17, 15) is 5.11 Å². The average molecular weight is 320 g/mol. The number of hydrogen-bond donors (Lipinski definition) is 2. The number of piperidine rings is 1. The highest BCUT2D eigenvalue weighted by atomic mass is 35.5. The van der Waals surface area contributed by atoms with Gasteiger partial charge in [0.2, 0.25) is 0 Å². The number of halogens is 1. The maximum Gasteiger partial charge on any atom is 0.0931 e. The van der Waals surface area contributed by atoms with Crippen LogP contribution in [0.15, 0.2) is 30.3 Å². The summed E-state index contributed by atoms with van der Waals surface area (Å²) in [5.41, 5.74) is 3.04. The largest absolute Gasteiger partial charge is 0.387 e. The van der Waals surface area contributed by atoms with Gasteiger partial charge in [-0.05, 0) is 38.4 Å². The molecule has 0 radical (unpaired) electrons. The first-order valence-electron chi connectivity index (χ1n) is 7.80. The minimum Gasteiger partial charge on any atom is -0.387 e. The van der Waals surface area contributed by atoms with E-state index in [1.54, 1.807) is 0 Å². The predicted molar refractivity (Wildman–Crippen MR) is 88.2 cm³/mol. The van der Waals surface area contributed by atoms with E-state index in [4.69, 9.17) is 11.6 Å². The van der Waals surface area contributed by atoms with Crippen LogP contribution in [-0.4, -0.2) is 39.8 Å². The van der Waals surface area contributed by atoms with E-state index in [-0.39, 0.29) is 0 Å². The molecule has 1 saturated heterocycles. The van der Waals surface area contributed by atoms with Gasteiger partial charge in [-0.3, -0.25) is 10.00 Å². The molecule has 2 N–H and O–H groups in total. The number of aromatic nitrogens is 2. The molecule has 1 aromatic heterocycles. The van der Waals surface area contributed by atoms with Crippen molar-refractivity contribution in [1.82, 2.24) is 15.1 Å². The topological polar surface area (TPSA) is 52.1 Å². The van der Waals surface area contributed by atoms with E-state index in [1.165, 1.54) is 0 Å². The molecule has 1 aliphatic heterocycles. The summed E-state index contributed by atoms with van der Waals surface area (Å²) in [4.78, 5) is 2.31. The van der Waals surface area contributed by atoms with Gasteiger partial charge in [-0.2, -0.15) is 5.10 Å². The molecule has 2 heterocycles. The van der Waals surface area contributed by atoms with Gasteiger partial charge in [-0.1, -0.05) is 29.8 Å². The molecule has 2 aromatic rings. The lowest BCUT2D eigenvalue weighted by atomic mass is 9.94. The monoisotopic (exact) mass is 319 g/mol. The number of aromatic amines is 1. The third kappa shape index (κ3) is 3.51. The van der Waals surface area contributed by atoms with Crippen LogP contribution in [0.3, 0.4) is 0 Å². The summed E-state index contributed by atoms with van der Waals surface area (Å²) in [5, 5.41) is 18.5. The van der Waals surface area contributed by atoms with E-state index in [0.717, 1.165) is 42.9 Å². The normalized spacial score (nSPS) is 21.0. The summed E-state index contributed by atoms with van der Waals surface area (Å²) in [6, 6.07) is 9.64. The highest BCUT2D eigenvalue weighted by Gasteiger charge is 2.25. The van der Waals surface area contributed by atoms with Crippen molar-refractivity contribution in [2.45, 2.75) is 31.8 Å². The average Bonchev–Trinajstić information content (AvgIpc) is 2.94. The summed E-state index contributed by atoms with van der Waals surface area (Å²) >= 11 is 6.17. The molecule has 5 heteroatoms. The van der Waals surface area contributed by atoms with E-state index in [2.05, 4.69) is 21.2 Å². The number of benzene rings is 1. The highest BCUT2D eigenvalue weighted by molar-refractivity contribution is 6.31. The van der Waals surface area contributed by atoms with Crippen LogP contribution in [0.5, 0.6) is 0 Å². The molecule has 1 fully saturated rings. The number of rotatable bonds is 4. The molecule has 0 aliphatic carbocycles. The van der Waals surface area contributed by atoms with Gasteiger partial charge in [0.25, 0.3) is 0 Å². The maximum atomic E-state index is 10.5. The summed E-state index contributed by atoms with van der Waals surface area (Å²) in [7, 11) is 0. The summed E-state index contributed by atoms with van der Waals surface area (Å²) < 4.78 is 0. The number of nitrogens with one attached hydrogen (secondary N) is 1. The Morgan fingerprint density at radius 2 is 2.27 bits per heavy atom. The summed E-state index contributed by atoms with van der Waals surface area (Å²) in [6.45, 7) is 4.59. The van der Waals surface area contributed by atoms with E-state index < -0.39 is 6.10 Å². The van der Waals surface area contributed by atoms with Gasteiger partial charge in [-0.25, -0.2) is 0 Å². The Morgan fingerprint density at radius 3 is 3.00 bits per heavy atom. The first kappa shape index (κ1) is 15.5. The maximum absolute atomic E-state index is 10.5. The zero-order valence-electron chi connectivity index (χ0n) is 12.8. The highest BCUT2D eigenvalue weighted by Crippen LogP contribution is 2.28. The van der Waals surface area contributed by atoms with E-state index in [1.807, 2.05) is 31.2 Å². The van der Waals surface area contributed by atoms with Gasteiger partial charge in [0.15, 0.2) is 0 Å². The molecule has 22 heavy (non-hydrogen) atoms. The van der Waals surface area contributed by atoms with Gasteiger partial charge < -0.3 is 5.11 Å². The number of aliphatic hydroxyl groups is 1. The zero-order chi connectivity index (χ0) is 15.5. The quantitative estimate of drug-likeness (QED) is 0.909. The van der Waals surface area contributed by atoms with Crippen LogP contribution in [0.25, 0.3) is 0 Å². The Morgan fingerprint density at radius 1 is 1.45 bits per heavy atom. The molecule has 0 bridgehead atoms. The van der Waals surface area contributed by atoms with Crippen molar-refractivity contribution in [1.29, 1.82) is 0 Å². The Hall–Kier alpha value is -1.36. The summed E-state index contributed by atoms with van der Waals surface area (Å²) in [5.74, 6) is 0.442. The fourth-order valence-electron chi connectivity index (χ4n) is 3.20. The van der Waals surface area contributed by atoms with Crippen LogP contribution in [0.1, 0.15) is 41.8 Å². The molecule has 0 spiro atoms. The Bertz CT molecular complexity index is 628. The molecular formula is C17H22ClN3O. The van der Waals surface area contributed by atoms with Gasteiger partial charge in [-0.15, -0.1) is 0 Å². The predicted octanol–water partition coefficient (Wildman–Crippen LogP) is 3.28. The Kier molecular flexibility index (Phi) is 4.81. The standard InChI is InChI=1S/C17H22ClN3O/c1-12-9-16(20-19-12)13-5-4-8-21(10-13)11-17(22)14-6-2-3-7-15(14)18/h2-3,6-7,9,13,17,22H,4-5,8,10-11H2,1H3,(H,19,20)/t13-,17+/m0/s1. The molecule has 1 aromatic carbocycles. The molecule has 118 valence electrons. The number of likely N-dealkylation sites (tertiary alicyclic amines) is 1. The minimum absolute atomic E-state index is 0.442. The lowest BCUT2D eigenvalue weighted by Gasteiger charge is -2.33. The molecular weight excluding hydrogens is 298 g/mol. The number of aryl methyl sites for hydroxylation is 1. The van der Waals surface area contributed by atoms with Gasteiger partial charge >= 0.3 is 0 Å². The van der Waals surface area contributed by atoms with Crippen molar-refractivity contribution in [2.24, 2.45) is 0 Å². The molecule has 4 nitrogen and oxygen atoms in total. The number of aliphatic hydroxyl groups excluding tert-OH is 1. The van der Waals surface area contributed by atoms with Crippen molar-refractivity contribution < 1.29 is 5.11 Å². The molecule has 0 saturated carbocycles. The van der Waals surface area contributed by atoms with Crippen molar-refractivity contribution in [3.05, 3.63) is 52.3 Å². The number of β-amino-alcohol motifs (C(OH)–C–C–N with tert-alkyl or cyclic N) is 1. The Balaban J connectivity index is 1.64. The second-order valence-electron chi connectivity index (χ2n) is 6.11. The second kappa shape index (κ2) is 6.82. The van der Waals surface area contributed by atoms with Crippen molar-refractivity contribution in [3.8, 4) is 0 Å². The number of nitrogens with zero attached hydrogens (tertiary/aromatic N) is 2.